The van der Waals surface area contributed by atoms with E-state index in [0.29, 0.717) is 44.0 Å². The van der Waals surface area contributed by atoms with Gasteiger partial charge in [-0.25, -0.2) is 9.37 Å². The van der Waals surface area contributed by atoms with Gasteiger partial charge in [-0.15, -0.1) is 0 Å². The molecule has 0 bridgehead atoms. The summed E-state index contributed by atoms with van der Waals surface area (Å²) in [6, 6.07) is 2.29. The first kappa shape index (κ1) is 17.0. The third kappa shape index (κ3) is 2.74. The average Bonchev–Trinajstić information content (AvgIpc) is 3.30. The standard InChI is InChI=1S/C18H19F2N3O3/c1-25-15-8-11(7-12(19)17(15)20)13-3-2-4-23(13)18(24)14-9-21-16-10-26-6-5-22(14)16/h7-9,13H,2-6,10H2,1H3. The Morgan fingerprint density at radius 1 is 1.35 bits per heavy atom. The lowest BCUT2D eigenvalue weighted by molar-refractivity contribution is 0.0673. The summed E-state index contributed by atoms with van der Waals surface area (Å²) in [4.78, 5) is 19.1. The fourth-order valence-corrected chi connectivity index (χ4v) is 3.70. The van der Waals surface area contributed by atoms with E-state index in [9.17, 15) is 13.6 Å². The summed E-state index contributed by atoms with van der Waals surface area (Å²) >= 11 is 0. The Kier molecular flexibility index (Phi) is 4.36. The van der Waals surface area contributed by atoms with Gasteiger partial charge in [-0.3, -0.25) is 4.79 Å². The summed E-state index contributed by atoms with van der Waals surface area (Å²) in [6.45, 7) is 2.06. The van der Waals surface area contributed by atoms with Crippen molar-refractivity contribution in [2.45, 2.75) is 32.0 Å². The maximum atomic E-state index is 13.9. The van der Waals surface area contributed by atoms with E-state index in [4.69, 9.17) is 9.47 Å². The van der Waals surface area contributed by atoms with Gasteiger partial charge >= 0.3 is 0 Å². The van der Waals surface area contributed by atoms with Crippen molar-refractivity contribution >= 4 is 5.91 Å². The molecule has 4 rings (SSSR count). The number of methoxy groups -OCH3 is 1. The van der Waals surface area contributed by atoms with Crippen molar-refractivity contribution in [2.75, 3.05) is 20.3 Å². The summed E-state index contributed by atoms with van der Waals surface area (Å²) in [7, 11) is 1.29. The molecule has 6 nitrogen and oxygen atoms in total. The number of carbonyl (C=O) groups is 1. The first-order valence-corrected chi connectivity index (χ1v) is 8.56. The molecule has 1 fully saturated rings. The lowest BCUT2D eigenvalue weighted by atomic mass is 10.0. The molecule has 1 atom stereocenters. The van der Waals surface area contributed by atoms with Crippen LogP contribution in [0.1, 0.15) is 40.8 Å². The van der Waals surface area contributed by atoms with Crippen molar-refractivity contribution in [1.29, 1.82) is 0 Å². The van der Waals surface area contributed by atoms with Gasteiger partial charge in [-0.05, 0) is 30.5 Å². The van der Waals surface area contributed by atoms with Crippen LogP contribution in [0, 0.1) is 11.6 Å². The van der Waals surface area contributed by atoms with Crippen molar-refractivity contribution in [3.63, 3.8) is 0 Å². The molecule has 1 unspecified atom stereocenters. The molecule has 0 aliphatic carbocycles. The molecule has 1 aromatic carbocycles. The van der Waals surface area contributed by atoms with Crippen LogP contribution in [0.3, 0.4) is 0 Å². The molecule has 2 aliphatic heterocycles. The van der Waals surface area contributed by atoms with Crippen LogP contribution >= 0.6 is 0 Å². The third-order valence-electron chi connectivity index (χ3n) is 4.98. The normalized spacial score (nSPS) is 19.5. The maximum absolute atomic E-state index is 13.9. The quantitative estimate of drug-likeness (QED) is 0.841. The van der Waals surface area contributed by atoms with E-state index in [1.807, 2.05) is 4.57 Å². The number of likely N-dealkylation sites (tertiary alicyclic amines) is 1. The van der Waals surface area contributed by atoms with E-state index in [1.54, 1.807) is 11.1 Å². The van der Waals surface area contributed by atoms with Crippen LogP contribution in [0.4, 0.5) is 8.78 Å². The van der Waals surface area contributed by atoms with Gasteiger partial charge in [-0.2, -0.15) is 4.39 Å². The van der Waals surface area contributed by atoms with Gasteiger partial charge in [0.2, 0.25) is 5.82 Å². The third-order valence-corrected chi connectivity index (χ3v) is 4.98. The van der Waals surface area contributed by atoms with Crippen LogP contribution in [-0.4, -0.2) is 40.6 Å². The van der Waals surface area contributed by atoms with Crippen molar-refractivity contribution in [1.82, 2.24) is 14.5 Å². The van der Waals surface area contributed by atoms with Gasteiger partial charge < -0.3 is 18.9 Å². The number of halogens is 2. The molecule has 26 heavy (non-hydrogen) atoms. The maximum Gasteiger partial charge on any atom is 0.272 e. The van der Waals surface area contributed by atoms with E-state index < -0.39 is 11.6 Å². The van der Waals surface area contributed by atoms with E-state index >= 15 is 0 Å². The number of amides is 1. The number of carbonyl (C=O) groups excluding carboxylic acids is 1. The highest BCUT2D eigenvalue weighted by atomic mass is 19.2. The lowest BCUT2D eigenvalue weighted by Gasteiger charge is -2.26. The van der Waals surface area contributed by atoms with E-state index in [1.165, 1.54) is 13.2 Å². The summed E-state index contributed by atoms with van der Waals surface area (Å²) in [6.07, 6.45) is 3.04. The molecule has 0 radical (unpaired) electrons. The summed E-state index contributed by atoms with van der Waals surface area (Å²) in [5.41, 5.74) is 1.04. The van der Waals surface area contributed by atoms with Gasteiger partial charge in [0, 0.05) is 13.1 Å². The molecule has 0 spiro atoms. The highest BCUT2D eigenvalue weighted by Crippen LogP contribution is 2.36. The molecule has 1 saturated heterocycles. The van der Waals surface area contributed by atoms with Crippen LogP contribution in [-0.2, 0) is 17.9 Å². The van der Waals surface area contributed by atoms with Crippen molar-refractivity contribution < 1.29 is 23.0 Å². The molecule has 2 aromatic rings. The number of imidazole rings is 1. The van der Waals surface area contributed by atoms with Crippen LogP contribution in [0.25, 0.3) is 0 Å². The minimum Gasteiger partial charge on any atom is -0.494 e. The second kappa shape index (κ2) is 6.68. The van der Waals surface area contributed by atoms with Gasteiger partial charge in [0.1, 0.15) is 18.1 Å². The zero-order valence-electron chi connectivity index (χ0n) is 14.4. The molecule has 2 aliphatic rings. The van der Waals surface area contributed by atoms with Gasteiger partial charge in [0.15, 0.2) is 11.6 Å². The smallest absolute Gasteiger partial charge is 0.272 e. The number of fused-ring (bicyclic) bond motifs is 1. The fraction of sp³-hybridized carbons (Fsp3) is 0.444. The van der Waals surface area contributed by atoms with E-state index in [0.717, 1.165) is 18.3 Å². The number of rotatable bonds is 3. The molecule has 0 N–H and O–H groups in total. The summed E-state index contributed by atoms with van der Waals surface area (Å²) in [5, 5.41) is 0. The predicted octanol–water partition coefficient (Wildman–Crippen LogP) is 2.68. The molecule has 138 valence electrons. The largest absolute Gasteiger partial charge is 0.494 e. The average molecular weight is 363 g/mol. The van der Waals surface area contributed by atoms with Crippen molar-refractivity contribution in [3.05, 3.63) is 47.0 Å². The van der Waals surface area contributed by atoms with Gasteiger partial charge in [0.05, 0.1) is 26.0 Å². The topological polar surface area (TPSA) is 56.6 Å². The second-order valence-corrected chi connectivity index (χ2v) is 6.44. The fourth-order valence-electron chi connectivity index (χ4n) is 3.70. The molecule has 0 saturated carbocycles. The minimum atomic E-state index is -1.02. The molecule has 8 heteroatoms. The number of aromatic nitrogens is 2. The van der Waals surface area contributed by atoms with Crippen molar-refractivity contribution in [3.8, 4) is 5.75 Å². The van der Waals surface area contributed by atoms with Crippen LogP contribution in [0.5, 0.6) is 5.75 Å². The summed E-state index contributed by atoms with van der Waals surface area (Å²) in [5.74, 6) is -1.57. The Balaban J connectivity index is 1.66. The van der Waals surface area contributed by atoms with Crippen LogP contribution < -0.4 is 4.74 Å². The number of benzene rings is 1. The molecular weight excluding hydrogens is 344 g/mol. The molecule has 1 aromatic heterocycles. The zero-order chi connectivity index (χ0) is 18.3. The minimum absolute atomic E-state index is 0.154. The number of hydrogen-bond donors (Lipinski definition) is 0. The first-order valence-electron chi connectivity index (χ1n) is 8.56. The molecule has 3 heterocycles. The Morgan fingerprint density at radius 2 is 2.19 bits per heavy atom. The van der Waals surface area contributed by atoms with Gasteiger partial charge in [0.25, 0.3) is 5.91 Å². The number of ether oxygens (including phenoxy) is 2. The number of nitrogens with zero attached hydrogens (tertiary/aromatic N) is 3. The Labute approximate surface area is 149 Å². The van der Waals surface area contributed by atoms with Crippen molar-refractivity contribution in [2.24, 2.45) is 0 Å². The molecular formula is C18H19F2N3O3. The number of hydrogen-bond acceptors (Lipinski definition) is 4. The van der Waals surface area contributed by atoms with E-state index in [-0.39, 0.29) is 17.7 Å². The predicted molar refractivity (Wildman–Crippen MR) is 87.8 cm³/mol. The van der Waals surface area contributed by atoms with Gasteiger partial charge in [-0.1, -0.05) is 0 Å². The highest BCUT2D eigenvalue weighted by Gasteiger charge is 2.34. The second-order valence-electron chi connectivity index (χ2n) is 6.44. The highest BCUT2D eigenvalue weighted by molar-refractivity contribution is 5.93. The molecule has 1 amide bonds. The lowest BCUT2D eigenvalue weighted by Crippen LogP contribution is -2.33. The SMILES string of the molecule is COc1cc(C2CCCN2C(=O)c2cnc3n2CCOC3)cc(F)c1F. The van der Waals surface area contributed by atoms with Crippen LogP contribution in [0.2, 0.25) is 0 Å². The monoisotopic (exact) mass is 363 g/mol. The van der Waals surface area contributed by atoms with E-state index in [2.05, 4.69) is 4.98 Å². The Bertz CT molecular complexity index is 852. The first-order chi connectivity index (χ1) is 12.6. The summed E-state index contributed by atoms with van der Waals surface area (Å²) < 4.78 is 39.8. The van der Waals surface area contributed by atoms with Crippen LogP contribution in [0.15, 0.2) is 18.3 Å². The Morgan fingerprint density at radius 3 is 3.00 bits per heavy atom. The Hall–Kier alpha value is -2.48. The zero-order valence-corrected chi connectivity index (χ0v) is 14.4.